The summed E-state index contributed by atoms with van der Waals surface area (Å²) in [6.45, 7) is 2.25. The van der Waals surface area contributed by atoms with E-state index in [0.29, 0.717) is 6.54 Å². The van der Waals surface area contributed by atoms with Crippen LogP contribution in [0.2, 0.25) is 0 Å². The van der Waals surface area contributed by atoms with Crippen molar-refractivity contribution in [3.8, 4) is 0 Å². The zero-order valence-corrected chi connectivity index (χ0v) is 11.5. The third-order valence-electron chi connectivity index (χ3n) is 3.60. The fraction of sp³-hybridized carbons (Fsp3) is 0.333. The van der Waals surface area contributed by atoms with E-state index in [4.69, 9.17) is 0 Å². The first-order chi connectivity index (χ1) is 9.74. The molecular weight excluding hydrogens is 252 g/mol. The predicted molar refractivity (Wildman–Crippen MR) is 76.2 cm³/mol. The first-order valence-corrected chi connectivity index (χ1v) is 6.81. The van der Waals surface area contributed by atoms with Crippen LogP contribution in [0, 0.1) is 0 Å². The lowest BCUT2D eigenvalue weighted by molar-refractivity contribution is 0.0949. The van der Waals surface area contributed by atoms with E-state index < -0.39 is 0 Å². The fourth-order valence-corrected chi connectivity index (χ4v) is 2.57. The van der Waals surface area contributed by atoms with Gasteiger partial charge in [0.1, 0.15) is 0 Å². The van der Waals surface area contributed by atoms with Crippen molar-refractivity contribution < 1.29 is 4.79 Å². The van der Waals surface area contributed by atoms with Gasteiger partial charge in [-0.2, -0.15) is 5.10 Å². The van der Waals surface area contributed by atoms with Crippen LogP contribution in [0.4, 0.5) is 0 Å². The van der Waals surface area contributed by atoms with E-state index in [2.05, 4.69) is 21.8 Å². The highest BCUT2D eigenvalue weighted by atomic mass is 16.1. The number of aromatic nitrogens is 2. The van der Waals surface area contributed by atoms with Gasteiger partial charge >= 0.3 is 0 Å². The Labute approximate surface area is 118 Å². The lowest BCUT2D eigenvalue weighted by atomic mass is 9.95. The molecule has 104 valence electrons. The van der Waals surface area contributed by atoms with Gasteiger partial charge in [-0.1, -0.05) is 12.1 Å². The molecule has 5 nitrogen and oxygen atoms in total. The maximum Gasteiger partial charge on any atom is 0.251 e. The second-order valence-electron chi connectivity index (χ2n) is 5.07. The van der Waals surface area contributed by atoms with E-state index in [-0.39, 0.29) is 5.91 Å². The summed E-state index contributed by atoms with van der Waals surface area (Å²) in [6, 6.07) is 5.96. The van der Waals surface area contributed by atoms with E-state index in [1.165, 1.54) is 5.56 Å². The molecule has 0 bridgehead atoms. The van der Waals surface area contributed by atoms with Gasteiger partial charge in [0.05, 0.1) is 6.20 Å². The standard InChI is InChI=1S/C15H18N4O/c1-19-10-11(8-18-19)7-17-15(20)13-4-2-3-12-5-6-16-9-14(12)13/h2-4,8,10,16H,5-7,9H2,1H3,(H,17,20). The summed E-state index contributed by atoms with van der Waals surface area (Å²) in [5.74, 6) is -0.0191. The third-order valence-corrected chi connectivity index (χ3v) is 3.60. The molecule has 0 atom stereocenters. The minimum Gasteiger partial charge on any atom is -0.348 e. The molecule has 1 amide bonds. The van der Waals surface area contributed by atoms with E-state index in [1.807, 2.05) is 25.4 Å². The first kappa shape index (κ1) is 12.9. The molecule has 20 heavy (non-hydrogen) atoms. The third kappa shape index (κ3) is 2.58. The molecule has 1 aromatic heterocycles. The van der Waals surface area contributed by atoms with Crippen molar-refractivity contribution >= 4 is 5.91 Å². The Morgan fingerprint density at radius 2 is 2.40 bits per heavy atom. The van der Waals surface area contributed by atoms with Gasteiger partial charge in [0.15, 0.2) is 0 Å². The van der Waals surface area contributed by atoms with Crippen LogP contribution in [0.1, 0.15) is 27.0 Å². The van der Waals surface area contributed by atoms with Crippen molar-refractivity contribution in [2.75, 3.05) is 6.54 Å². The first-order valence-electron chi connectivity index (χ1n) is 6.81. The van der Waals surface area contributed by atoms with Crippen molar-refractivity contribution in [3.63, 3.8) is 0 Å². The zero-order valence-electron chi connectivity index (χ0n) is 11.5. The molecule has 0 aliphatic carbocycles. The maximum atomic E-state index is 12.3. The molecule has 0 radical (unpaired) electrons. The van der Waals surface area contributed by atoms with Gasteiger partial charge in [-0.15, -0.1) is 0 Å². The SMILES string of the molecule is Cn1cc(CNC(=O)c2cccc3c2CNCC3)cn1. The Morgan fingerprint density at radius 1 is 1.50 bits per heavy atom. The van der Waals surface area contributed by atoms with Gasteiger partial charge < -0.3 is 10.6 Å². The molecule has 2 N–H and O–H groups in total. The highest BCUT2D eigenvalue weighted by Gasteiger charge is 2.16. The van der Waals surface area contributed by atoms with Crippen LogP contribution in [0.3, 0.4) is 0 Å². The maximum absolute atomic E-state index is 12.3. The molecule has 0 unspecified atom stereocenters. The number of rotatable bonds is 3. The van der Waals surface area contributed by atoms with Crippen molar-refractivity contribution in [3.05, 3.63) is 52.8 Å². The minimum absolute atomic E-state index is 0.0191. The molecule has 2 aromatic rings. The lowest BCUT2D eigenvalue weighted by Gasteiger charge is -2.19. The molecule has 1 aliphatic rings. The number of benzene rings is 1. The summed E-state index contributed by atoms with van der Waals surface area (Å²) in [5, 5.41) is 10.4. The monoisotopic (exact) mass is 270 g/mol. The highest BCUT2D eigenvalue weighted by molar-refractivity contribution is 5.96. The molecule has 5 heteroatoms. The summed E-state index contributed by atoms with van der Waals surface area (Å²) < 4.78 is 1.73. The number of hydrogen-bond donors (Lipinski definition) is 2. The summed E-state index contributed by atoms with van der Waals surface area (Å²) in [4.78, 5) is 12.3. The Kier molecular flexibility index (Phi) is 3.52. The number of nitrogens with zero attached hydrogens (tertiary/aromatic N) is 2. The number of amides is 1. The van der Waals surface area contributed by atoms with Crippen LogP contribution < -0.4 is 10.6 Å². The number of carbonyl (C=O) groups excluding carboxylic acids is 1. The van der Waals surface area contributed by atoms with Gasteiger partial charge in [0.2, 0.25) is 0 Å². The number of nitrogens with one attached hydrogen (secondary N) is 2. The predicted octanol–water partition coefficient (Wildman–Crippen LogP) is 0.996. The van der Waals surface area contributed by atoms with Crippen molar-refractivity contribution in [2.45, 2.75) is 19.5 Å². The van der Waals surface area contributed by atoms with Crippen molar-refractivity contribution in [2.24, 2.45) is 7.05 Å². The molecule has 0 saturated carbocycles. The highest BCUT2D eigenvalue weighted by Crippen LogP contribution is 2.18. The number of hydrogen-bond acceptors (Lipinski definition) is 3. The van der Waals surface area contributed by atoms with E-state index in [1.54, 1.807) is 10.9 Å². The van der Waals surface area contributed by atoms with Gasteiger partial charge in [0, 0.05) is 37.5 Å². The van der Waals surface area contributed by atoms with Crippen LogP contribution in [0.15, 0.2) is 30.6 Å². The summed E-state index contributed by atoms with van der Waals surface area (Å²) >= 11 is 0. The average molecular weight is 270 g/mol. The van der Waals surface area contributed by atoms with E-state index in [9.17, 15) is 4.79 Å². The van der Waals surface area contributed by atoms with Crippen molar-refractivity contribution in [1.82, 2.24) is 20.4 Å². The fourth-order valence-electron chi connectivity index (χ4n) is 2.57. The van der Waals surface area contributed by atoms with Crippen LogP contribution in [0.25, 0.3) is 0 Å². The second-order valence-corrected chi connectivity index (χ2v) is 5.07. The van der Waals surface area contributed by atoms with Crippen LogP contribution in [-0.2, 0) is 26.6 Å². The zero-order chi connectivity index (χ0) is 13.9. The normalized spacial score (nSPS) is 13.8. The Bertz CT molecular complexity index is 633. The summed E-state index contributed by atoms with van der Waals surface area (Å²) in [5.41, 5.74) is 4.18. The number of carbonyl (C=O) groups is 1. The smallest absolute Gasteiger partial charge is 0.251 e. The Balaban J connectivity index is 1.74. The molecule has 0 spiro atoms. The number of fused-ring (bicyclic) bond motifs is 1. The Morgan fingerprint density at radius 3 is 3.20 bits per heavy atom. The summed E-state index contributed by atoms with van der Waals surface area (Å²) in [6.07, 6.45) is 4.66. The number of aryl methyl sites for hydroxylation is 1. The van der Waals surface area contributed by atoms with Gasteiger partial charge in [-0.25, -0.2) is 0 Å². The molecule has 2 heterocycles. The minimum atomic E-state index is -0.0191. The van der Waals surface area contributed by atoms with Gasteiger partial charge in [0.25, 0.3) is 5.91 Å². The lowest BCUT2D eigenvalue weighted by Crippen LogP contribution is -2.29. The molecule has 0 fully saturated rings. The largest absolute Gasteiger partial charge is 0.348 e. The van der Waals surface area contributed by atoms with Crippen LogP contribution >= 0.6 is 0 Å². The van der Waals surface area contributed by atoms with Gasteiger partial charge in [-0.3, -0.25) is 9.48 Å². The molecule has 1 aliphatic heterocycles. The molecule has 3 rings (SSSR count). The summed E-state index contributed by atoms with van der Waals surface area (Å²) in [7, 11) is 1.87. The molecule has 0 saturated heterocycles. The average Bonchev–Trinajstić information content (AvgIpc) is 2.90. The quantitative estimate of drug-likeness (QED) is 0.874. The van der Waals surface area contributed by atoms with Crippen molar-refractivity contribution in [1.29, 1.82) is 0 Å². The topological polar surface area (TPSA) is 59.0 Å². The Hall–Kier alpha value is -2.14. The second kappa shape index (κ2) is 5.46. The van der Waals surface area contributed by atoms with E-state index >= 15 is 0 Å². The van der Waals surface area contributed by atoms with E-state index in [0.717, 1.165) is 36.2 Å². The molecule has 1 aromatic carbocycles. The van der Waals surface area contributed by atoms with Crippen LogP contribution in [-0.4, -0.2) is 22.2 Å². The van der Waals surface area contributed by atoms with Crippen LogP contribution in [0.5, 0.6) is 0 Å². The molecular formula is C15H18N4O. The van der Waals surface area contributed by atoms with Gasteiger partial charge in [-0.05, 0) is 30.2 Å².